The topological polar surface area (TPSA) is 48.5 Å². The average Bonchev–Trinajstić information content (AvgIpc) is 2.43. The number of amides is 1. The van der Waals surface area contributed by atoms with E-state index in [0.717, 1.165) is 25.5 Å². The van der Waals surface area contributed by atoms with Crippen LogP contribution < -0.4 is 10.2 Å². The summed E-state index contributed by atoms with van der Waals surface area (Å²) in [6, 6.07) is 3.65. The van der Waals surface area contributed by atoms with Crippen LogP contribution in [0, 0.1) is 0 Å². The van der Waals surface area contributed by atoms with Crippen LogP contribution in [0.3, 0.4) is 0 Å². The van der Waals surface area contributed by atoms with Crippen molar-refractivity contribution in [3.8, 4) is 0 Å². The lowest BCUT2D eigenvalue weighted by molar-refractivity contribution is 0.0948. The molecule has 0 aliphatic carbocycles. The first-order valence-electron chi connectivity index (χ1n) is 6.72. The maximum atomic E-state index is 11.9. The van der Waals surface area contributed by atoms with E-state index in [0.29, 0.717) is 12.1 Å². The lowest BCUT2D eigenvalue weighted by Gasteiger charge is -2.18. The Labute approximate surface area is 115 Å². The normalized spacial score (nSPS) is 10.6. The molecule has 19 heavy (non-hydrogen) atoms. The summed E-state index contributed by atoms with van der Waals surface area (Å²) < 4.78 is 0. The number of nitrogens with one attached hydrogen (secondary N) is 1. The monoisotopic (exact) mass is 264 g/mol. The van der Waals surface area contributed by atoms with Crippen molar-refractivity contribution in [2.45, 2.75) is 13.8 Å². The fourth-order valence-corrected chi connectivity index (χ4v) is 1.75. The molecule has 0 atom stereocenters. The molecular formula is C14H24N4O. The fraction of sp³-hybridized carbons (Fsp3) is 0.571. The van der Waals surface area contributed by atoms with Crippen LogP contribution in [0.5, 0.6) is 0 Å². The van der Waals surface area contributed by atoms with Gasteiger partial charge >= 0.3 is 0 Å². The first-order valence-corrected chi connectivity index (χ1v) is 6.72. The van der Waals surface area contributed by atoms with Gasteiger partial charge in [-0.15, -0.1) is 0 Å². The number of rotatable bonds is 7. The van der Waals surface area contributed by atoms with E-state index in [9.17, 15) is 4.79 Å². The van der Waals surface area contributed by atoms with Crippen molar-refractivity contribution in [2.75, 3.05) is 45.2 Å². The molecule has 0 fully saturated rings. The van der Waals surface area contributed by atoms with Crippen LogP contribution >= 0.6 is 0 Å². The third-order valence-corrected chi connectivity index (χ3v) is 3.08. The van der Waals surface area contributed by atoms with Crippen LogP contribution in [-0.4, -0.2) is 56.1 Å². The van der Waals surface area contributed by atoms with Gasteiger partial charge in [0.15, 0.2) is 0 Å². The number of anilines is 1. The summed E-state index contributed by atoms with van der Waals surface area (Å²) in [5.41, 5.74) is 0.602. The smallest absolute Gasteiger partial charge is 0.252 e. The first-order chi connectivity index (χ1) is 9.08. The summed E-state index contributed by atoms with van der Waals surface area (Å²) >= 11 is 0. The highest BCUT2D eigenvalue weighted by Gasteiger charge is 2.07. The summed E-state index contributed by atoms with van der Waals surface area (Å²) in [7, 11) is 3.85. The highest BCUT2D eigenvalue weighted by Crippen LogP contribution is 2.07. The minimum Gasteiger partial charge on any atom is -0.363 e. The van der Waals surface area contributed by atoms with Crippen molar-refractivity contribution in [1.29, 1.82) is 0 Å². The molecule has 1 heterocycles. The Bertz CT molecular complexity index is 385. The highest BCUT2D eigenvalue weighted by molar-refractivity contribution is 5.94. The van der Waals surface area contributed by atoms with E-state index in [1.54, 1.807) is 12.3 Å². The molecule has 0 aliphatic rings. The van der Waals surface area contributed by atoms with E-state index in [4.69, 9.17) is 0 Å². The summed E-state index contributed by atoms with van der Waals surface area (Å²) in [6.45, 7) is 7.79. The van der Waals surface area contributed by atoms with Crippen LogP contribution in [0.2, 0.25) is 0 Å². The average molecular weight is 264 g/mol. The predicted molar refractivity (Wildman–Crippen MR) is 78.7 cm³/mol. The molecule has 0 unspecified atom stereocenters. The molecule has 0 radical (unpaired) electrons. The SMILES string of the molecule is CCN(CC)CCNC(=O)c1ccc(N(C)C)nc1. The molecule has 0 aliphatic heterocycles. The highest BCUT2D eigenvalue weighted by atomic mass is 16.1. The summed E-state index contributed by atoms with van der Waals surface area (Å²) in [6.07, 6.45) is 1.61. The molecule has 0 bridgehead atoms. The number of aromatic nitrogens is 1. The molecule has 106 valence electrons. The maximum absolute atomic E-state index is 11.9. The fourth-order valence-electron chi connectivity index (χ4n) is 1.75. The number of nitrogens with zero attached hydrogens (tertiary/aromatic N) is 3. The van der Waals surface area contributed by atoms with Crippen LogP contribution in [0.1, 0.15) is 24.2 Å². The summed E-state index contributed by atoms with van der Waals surface area (Å²) in [4.78, 5) is 20.3. The molecule has 1 aromatic rings. The Kier molecular flexibility index (Phi) is 6.29. The number of carbonyl (C=O) groups excluding carboxylic acids is 1. The Morgan fingerprint density at radius 1 is 1.26 bits per heavy atom. The molecule has 1 N–H and O–H groups in total. The Hall–Kier alpha value is -1.62. The van der Waals surface area contributed by atoms with E-state index in [2.05, 4.69) is 29.0 Å². The maximum Gasteiger partial charge on any atom is 0.252 e. The van der Waals surface area contributed by atoms with E-state index < -0.39 is 0 Å². The number of pyridine rings is 1. The van der Waals surface area contributed by atoms with Gasteiger partial charge in [0.25, 0.3) is 5.91 Å². The molecule has 1 rings (SSSR count). The number of likely N-dealkylation sites (N-methyl/N-ethyl adjacent to an activating group) is 1. The minimum atomic E-state index is -0.0648. The van der Waals surface area contributed by atoms with E-state index >= 15 is 0 Å². The number of hydrogen-bond donors (Lipinski definition) is 1. The summed E-state index contributed by atoms with van der Waals surface area (Å²) in [5, 5.41) is 2.91. The second kappa shape index (κ2) is 7.74. The molecule has 0 spiro atoms. The molecule has 0 saturated heterocycles. The Morgan fingerprint density at radius 2 is 1.95 bits per heavy atom. The van der Waals surface area contributed by atoms with E-state index in [1.165, 1.54) is 0 Å². The molecule has 5 heteroatoms. The zero-order valence-electron chi connectivity index (χ0n) is 12.3. The molecule has 0 aromatic carbocycles. The van der Waals surface area contributed by atoms with Gasteiger partial charge in [-0.3, -0.25) is 4.79 Å². The largest absolute Gasteiger partial charge is 0.363 e. The molecule has 0 saturated carbocycles. The molecule has 1 amide bonds. The molecular weight excluding hydrogens is 240 g/mol. The Balaban J connectivity index is 2.45. The van der Waals surface area contributed by atoms with Crippen molar-refractivity contribution in [2.24, 2.45) is 0 Å². The Morgan fingerprint density at radius 3 is 2.42 bits per heavy atom. The minimum absolute atomic E-state index is 0.0648. The van der Waals surface area contributed by atoms with Crippen LogP contribution in [0.15, 0.2) is 18.3 Å². The lowest BCUT2D eigenvalue weighted by Crippen LogP contribution is -2.34. The van der Waals surface area contributed by atoms with Gasteiger partial charge in [-0.05, 0) is 25.2 Å². The number of hydrogen-bond acceptors (Lipinski definition) is 4. The van der Waals surface area contributed by atoms with Crippen LogP contribution in [0.4, 0.5) is 5.82 Å². The van der Waals surface area contributed by atoms with Crippen molar-refractivity contribution < 1.29 is 4.79 Å². The van der Waals surface area contributed by atoms with Gasteiger partial charge in [0.1, 0.15) is 5.82 Å². The van der Waals surface area contributed by atoms with Crippen molar-refractivity contribution in [3.63, 3.8) is 0 Å². The molecule has 5 nitrogen and oxygen atoms in total. The lowest BCUT2D eigenvalue weighted by atomic mass is 10.2. The van der Waals surface area contributed by atoms with E-state index in [-0.39, 0.29) is 5.91 Å². The van der Waals surface area contributed by atoms with Crippen LogP contribution in [0.25, 0.3) is 0 Å². The van der Waals surface area contributed by atoms with Crippen molar-refractivity contribution in [3.05, 3.63) is 23.9 Å². The summed E-state index contributed by atoms with van der Waals surface area (Å²) in [5.74, 6) is 0.782. The first kappa shape index (κ1) is 15.4. The van der Waals surface area contributed by atoms with Gasteiger partial charge in [0.05, 0.1) is 5.56 Å². The predicted octanol–water partition coefficient (Wildman–Crippen LogP) is 1.22. The van der Waals surface area contributed by atoms with Gasteiger partial charge in [-0.2, -0.15) is 0 Å². The zero-order valence-corrected chi connectivity index (χ0v) is 12.3. The van der Waals surface area contributed by atoms with Gasteiger partial charge in [-0.25, -0.2) is 4.98 Å². The molecule has 1 aromatic heterocycles. The van der Waals surface area contributed by atoms with Gasteiger partial charge < -0.3 is 15.1 Å². The van der Waals surface area contributed by atoms with Gasteiger partial charge in [0, 0.05) is 33.4 Å². The van der Waals surface area contributed by atoms with Crippen molar-refractivity contribution >= 4 is 11.7 Å². The van der Waals surface area contributed by atoms with Crippen molar-refractivity contribution in [1.82, 2.24) is 15.2 Å². The quantitative estimate of drug-likeness (QED) is 0.804. The second-order valence-corrected chi connectivity index (χ2v) is 4.58. The van der Waals surface area contributed by atoms with E-state index in [1.807, 2.05) is 25.1 Å². The third kappa shape index (κ3) is 4.87. The van der Waals surface area contributed by atoms with Gasteiger partial charge in [-0.1, -0.05) is 13.8 Å². The zero-order chi connectivity index (χ0) is 14.3. The van der Waals surface area contributed by atoms with Gasteiger partial charge in [0.2, 0.25) is 0 Å². The number of carbonyl (C=O) groups is 1. The second-order valence-electron chi connectivity index (χ2n) is 4.58. The third-order valence-electron chi connectivity index (χ3n) is 3.08. The standard InChI is InChI=1S/C14H24N4O/c1-5-18(6-2)10-9-15-14(19)12-7-8-13(16-11-12)17(3)4/h7-8,11H,5-6,9-10H2,1-4H3,(H,15,19). The van der Waals surface area contributed by atoms with Crippen LogP contribution in [-0.2, 0) is 0 Å².